The standard InChI is InChI=1S/C13H6Cl5NO/c14-6-1-2-7(8(15)3-6)13(20)19-12-5-10(17)9(16)4-11(12)18/h1-5H,(H,19,20). The lowest BCUT2D eigenvalue weighted by Crippen LogP contribution is -2.12. The molecule has 0 aliphatic heterocycles. The van der Waals surface area contributed by atoms with E-state index < -0.39 is 5.91 Å². The lowest BCUT2D eigenvalue weighted by molar-refractivity contribution is 0.102. The molecule has 0 unspecified atom stereocenters. The van der Waals surface area contributed by atoms with Gasteiger partial charge >= 0.3 is 0 Å². The van der Waals surface area contributed by atoms with Crippen LogP contribution in [-0.4, -0.2) is 5.91 Å². The maximum absolute atomic E-state index is 12.1. The van der Waals surface area contributed by atoms with E-state index in [9.17, 15) is 4.79 Å². The van der Waals surface area contributed by atoms with Crippen LogP contribution >= 0.6 is 58.0 Å². The number of hydrogen-bond donors (Lipinski definition) is 1. The lowest BCUT2D eigenvalue weighted by atomic mass is 10.2. The van der Waals surface area contributed by atoms with Gasteiger partial charge in [0.05, 0.1) is 31.3 Å². The van der Waals surface area contributed by atoms with Crippen LogP contribution in [0.5, 0.6) is 0 Å². The Morgan fingerprint density at radius 3 is 2.10 bits per heavy atom. The van der Waals surface area contributed by atoms with Crippen molar-refractivity contribution >= 4 is 69.6 Å². The first-order chi connectivity index (χ1) is 9.38. The van der Waals surface area contributed by atoms with Gasteiger partial charge in [0.2, 0.25) is 0 Å². The fourth-order valence-electron chi connectivity index (χ4n) is 1.48. The quantitative estimate of drug-likeness (QED) is 0.627. The number of benzene rings is 2. The highest BCUT2D eigenvalue weighted by molar-refractivity contribution is 6.44. The molecule has 0 aliphatic rings. The van der Waals surface area contributed by atoms with E-state index in [2.05, 4.69) is 5.32 Å². The zero-order valence-electron chi connectivity index (χ0n) is 9.68. The van der Waals surface area contributed by atoms with E-state index >= 15 is 0 Å². The summed E-state index contributed by atoms with van der Waals surface area (Å²) in [6.07, 6.45) is 0. The van der Waals surface area contributed by atoms with Crippen LogP contribution in [0.4, 0.5) is 5.69 Å². The van der Waals surface area contributed by atoms with Crippen molar-refractivity contribution in [2.45, 2.75) is 0 Å². The number of carbonyl (C=O) groups is 1. The Morgan fingerprint density at radius 1 is 0.800 bits per heavy atom. The summed E-state index contributed by atoms with van der Waals surface area (Å²) in [5.41, 5.74) is 0.621. The first-order valence-electron chi connectivity index (χ1n) is 5.29. The van der Waals surface area contributed by atoms with Crippen molar-refractivity contribution in [2.75, 3.05) is 5.32 Å². The van der Waals surface area contributed by atoms with Crippen LogP contribution in [-0.2, 0) is 0 Å². The summed E-state index contributed by atoms with van der Waals surface area (Å²) in [4.78, 5) is 12.1. The average molecular weight is 369 g/mol. The molecule has 2 rings (SSSR count). The predicted molar refractivity (Wildman–Crippen MR) is 85.9 cm³/mol. The molecule has 7 heteroatoms. The Hall–Kier alpha value is -0.640. The van der Waals surface area contributed by atoms with Crippen LogP contribution in [0.25, 0.3) is 0 Å². The van der Waals surface area contributed by atoms with Crippen LogP contribution in [0.1, 0.15) is 10.4 Å². The van der Waals surface area contributed by atoms with Crippen LogP contribution < -0.4 is 5.32 Å². The molecule has 0 aromatic heterocycles. The topological polar surface area (TPSA) is 29.1 Å². The van der Waals surface area contributed by atoms with Crippen LogP contribution in [0.3, 0.4) is 0 Å². The van der Waals surface area contributed by atoms with E-state index in [4.69, 9.17) is 58.0 Å². The smallest absolute Gasteiger partial charge is 0.257 e. The Balaban J connectivity index is 2.30. The van der Waals surface area contributed by atoms with Gasteiger partial charge in [-0.3, -0.25) is 4.79 Å². The summed E-state index contributed by atoms with van der Waals surface area (Å²) in [6.45, 7) is 0. The Morgan fingerprint density at radius 2 is 1.45 bits per heavy atom. The number of nitrogens with one attached hydrogen (secondary N) is 1. The fraction of sp³-hybridized carbons (Fsp3) is 0. The summed E-state index contributed by atoms with van der Waals surface area (Å²) < 4.78 is 0. The van der Waals surface area contributed by atoms with Gasteiger partial charge in [-0.05, 0) is 30.3 Å². The molecule has 0 radical (unpaired) electrons. The number of amides is 1. The minimum atomic E-state index is -0.424. The van der Waals surface area contributed by atoms with Crippen molar-refractivity contribution in [1.29, 1.82) is 0 Å². The Kier molecular flexibility index (Phi) is 5.05. The van der Waals surface area contributed by atoms with Crippen molar-refractivity contribution in [3.8, 4) is 0 Å². The average Bonchev–Trinajstić information content (AvgIpc) is 2.35. The maximum atomic E-state index is 12.1. The number of halogens is 5. The molecule has 1 amide bonds. The zero-order valence-corrected chi connectivity index (χ0v) is 13.5. The number of hydrogen-bond acceptors (Lipinski definition) is 1. The number of carbonyl (C=O) groups excluding carboxylic acids is 1. The third kappa shape index (κ3) is 3.51. The van der Waals surface area contributed by atoms with E-state index in [1.54, 1.807) is 6.07 Å². The predicted octanol–water partition coefficient (Wildman–Crippen LogP) is 6.21. The highest BCUT2D eigenvalue weighted by Crippen LogP contribution is 2.33. The van der Waals surface area contributed by atoms with E-state index in [1.807, 2.05) is 0 Å². The van der Waals surface area contributed by atoms with Crippen LogP contribution in [0.15, 0.2) is 30.3 Å². The lowest BCUT2D eigenvalue weighted by Gasteiger charge is -2.10. The van der Waals surface area contributed by atoms with Gasteiger partial charge in [-0.1, -0.05) is 58.0 Å². The molecule has 0 saturated heterocycles. The first-order valence-corrected chi connectivity index (χ1v) is 7.18. The molecular weight excluding hydrogens is 363 g/mol. The number of anilines is 1. The first kappa shape index (κ1) is 15.7. The van der Waals surface area contributed by atoms with E-state index in [-0.39, 0.29) is 20.6 Å². The normalized spacial score (nSPS) is 10.4. The van der Waals surface area contributed by atoms with E-state index in [0.717, 1.165) is 0 Å². The monoisotopic (exact) mass is 367 g/mol. The minimum Gasteiger partial charge on any atom is -0.321 e. The van der Waals surface area contributed by atoms with Crippen molar-refractivity contribution in [3.05, 3.63) is 61.0 Å². The highest BCUT2D eigenvalue weighted by atomic mass is 35.5. The molecule has 0 atom stereocenters. The second kappa shape index (κ2) is 6.42. The SMILES string of the molecule is O=C(Nc1cc(Cl)c(Cl)cc1Cl)c1ccc(Cl)cc1Cl. The highest BCUT2D eigenvalue weighted by Gasteiger charge is 2.14. The molecule has 0 heterocycles. The molecule has 2 nitrogen and oxygen atoms in total. The van der Waals surface area contributed by atoms with Gasteiger partial charge < -0.3 is 5.32 Å². The molecular formula is C13H6Cl5NO. The second-order valence-electron chi connectivity index (χ2n) is 3.82. The van der Waals surface area contributed by atoms with E-state index in [0.29, 0.717) is 15.7 Å². The fourth-order valence-corrected chi connectivity index (χ4v) is 2.57. The molecule has 0 aliphatic carbocycles. The van der Waals surface area contributed by atoms with Crippen LogP contribution in [0.2, 0.25) is 25.1 Å². The van der Waals surface area contributed by atoms with Gasteiger partial charge in [0, 0.05) is 5.02 Å². The summed E-state index contributed by atoms with van der Waals surface area (Å²) >= 11 is 29.4. The van der Waals surface area contributed by atoms with Crippen molar-refractivity contribution in [1.82, 2.24) is 0 Å². The molecule has 2 aromatic rings. The van der Waals surface area contributed by atoms with Gasteiger partial charge in [0.15, 0.2) is 0 Å². The van der Waals surface area contributed by atoms with Crippen molar-refractivity contribution < 1.29 is 4.79 Å². The summed E-state index contributed by atoms with van der Waals surface area (Å²) in [5, 5.41) is 4.17. The van der Waals surface area contributed by atoms with Gasteiger partial charge in [-0.2, -0.15) is 0 Å². The molecule has 1 N–H and O–H groups in total. The minimum absolute atomic E-state index is 0.242. The maximum Gasteiger partial charge on any atom is 0.257 e. The zero-order chi connectivity index (χ0) is 14.9. The Labute approximate surface area is 140 Å². The number of rotatable bonds is 2. The van der Waals surface area contributed by atoms with E-state index in [1.165, 1.54) is 24.3 Å². The van der Waals surface area contributed by atoms with Crippen molar-refractivity contribution in [2.24, 2.45) is 0 Å². The molecule has 104 valence electrons. The van der Waals surface area contributed by atoms with Gasteiger partial charge in [0.25, 0.3) is 5.91 Å². The summed E-state index contributed by atoms with van der Waals surface area (Å²) in [5.74, 6) is -0.424. The third-order valence-electron chi connectivity index (χ3n) is 2.43. The molecule has 0 bridgehead atoms. The molecule has 0 saturated carbocycles. The van der Waals surface area contributed by atoms with Gasteiger partial charge in [-0.15, -0.1) is 0 Å². The summed E-state index contributed by atoms with van der Waals surface area (Å²) in [7, 11) is 0. The molecule has 2 aromatic carbocycles. The van der Waals surface area contributed by atoms with Crippen molar-refractivity contribution in [3.63, 3.8) is 0 Å². The third-order valence-corrected chi connectivity index (χ3v) is 4.02. The second-order valence-corrected chi connectivity index (χ2v) is 5.89. The Bertz CT molecular complexity index is 687. The molecule has 20 heavy (non-hydrogen) atoms. The van der Waals surface area contributed by atoms with Gasteiger partial charge in [-0.25, -0.2) is 0 Å². The molecule has 0 fully saturated rings. The van der Waals surface area contributed by atoms with Crippen LogP contribution in [0, 0.1) is 0 Å². The largest absolute Gasteiger partial charge is 0.321 e. The van der Waals surface area contributed by atoms with Gasteiger partial charge in [0.1, 0.15) is 0 Å². The summed E-state index contributed by atoms with van der Waals surface area (Å²) in [6, 6.07) is 7.48. The molecule has 0 spiro atoms.